The van der Waals surface area contributed by atoms with E-state index in [1.807, 2.05) is 0 Å². The normalized spacial score (nSPS) is 23.0. The summed E-state index contributed by atoms with van der Waals surface area (Å²) in [5.41, 5.74) is 6.42. The molecule has 1 saturated carbocycles. The van der Waals surface area contributed by atoms with E-state index in [4.69, 9.17) is 0 Å². The zero-order chi connectivity index (χ0) is 24.5. The topological polar surface area (TPSA) is 12.0 Å². The van der Waals surface area contributed by atoms with Crippen molar-refractivity contribution in [3.63, 3.8) is 0 Å². The second-order valence-corrected chi connectivity index (χ2v) is 17.1. The molecule has 1 unspecified atom stereocenters. The van der Waals surface area contributed by atoms with Crippen molar-refractivity contribution in [2.24, 2.45) is 16.7 Å². The van der Waals surface area contributed by atoms with Crippen LogP contribution in [0.4, 0.5) is 0 Å². The van der Waals surface area contributed by atoms with Crippen LogP contribution in [0.2, 0.25) is 13.1 Å². The summed E-state index contributed by atoms with van der Waals surface area (Å²) in [4.78, 5) is 4.21. The number of nitrogens with one attached hydrogen (secondary N) is 1. The highest BCUT2D eigenvalue weighted by molar-refractivity contribution is 6.91. The highest BCUT2D eigenvalue weighted by Gasteiger charge is 2.46. The Hall–Kier alpha value is -2.16. The van der Waals surface area contributed by atoms with E-state index in [0.29, 0.717) is 5.92 Å². The van der Waals surface area contributed by atoms with Crippen molar-refractivity contribution < 1.29 is 0 Å². The molecule has 1 nitrogen and oxygen atoms in total. The fourth-order valence-corrected chi connectivity index (χ4v) is 10.6. The Bertz CT molecular complexity index is 1320. The molecule has 2 aromatic carbocycles. The van der Waals surface area contributed by atoms with Gasteiger partial charge in [0.2, 0.25) is 0 Å². The summed E-state index contributed by atoms with van der Waals surface area (Å²) < 4.78 is 0. The molecule has 1 atom stereocenters. The van der Waals surface area contributed by atoms with Gasteiger partial charge in [0.05, 0.1) is 0 Å². The first-order valence-electron chi connectivity index (χ1n) is 13.0. The van der Waals surface area contributed by atoms with Crippen LogP contribution in [0.25, 0.3) is 10.8 Å². The third-order valence-corrected chi connectivity index (χ3v) is 11.9. The summed E-state index contributed by atoms with van der Waals surface area (Å²) in [5.74, 6) is 0.380. The number of fused-ring (bicyclic) bond motifs is 3. The Morgan fingerprint density at radius 3 is 2.00 bits per heavy atom. The molecular weight excluding hydrogens is 426 g/mol. The summed E-state index contributed by atoms with van der Waals surface area (Å²) in [6, 6.07) is 20.1. The standard InChI is InChI=1S/C32H41NSi/c1-30(2)18-19-31(3,4)28-21-26-25(20-27(28)30)23-16-12-13-17-24(23)29(26)34(7,8)33-32(5,6)22-14-10-9-11-15-22/h9-17,20-21,26,33H,18-19H2,1-8H3. The van der Waals surface area contributed by atoms with E-state index in [2.05, 4.69) is 126 Å². The largest absolute Gasteiger partial charge is 0.325 e. The van der Waals surface area contributed by atoms with Crippen LogP contribution in [0.1, 0.15) is 59.9 Å². The highest BCUT2D eigenvalue weighted by atomic mass is 28.3. The molecule has 0 radical (unpaired) electrons. The predicted molar refractivity (Wildman–Crippen MR) is 149 cm³/mol. The Kier molecular flexibility index (Phi) is 5.32. The summed E-state index contributed by atoms with van der Waals surface area (Å²) >= 11 is 0. The van der Waals surface area contributed by atoms with Crippen LogP contribution in [0.5, 0.6) is 0 Å². The summed E-state index contributed by atoms with van der Waals surface area (Å²) in [6.07, 6.45) is 7.78. The summed E-state index contributed by atoms with van der Waals surface area (Å²) in [7, 11) is -2.01. The van der Waals surface area contributed by atoms with Crippen LogP contribution in [0.15, 0.2) is 77.9 Å². The second kappa shape index (κ2) is 7.67. The summed E-state index contributed by atoms with van der Waals surface area (Å²) in [5, 5.41) is 4.56. The lowest BCUT2D eigenvalue weighted by molar-refractivity contribution is 0.258. The van der Waals surface area contributed by atoms with Gasteiger partial charge >= 0.3 is 0 Å². The van der Waals surface area contributed by atoms with Crippen LogP contribution >= 0.6 is 0 Å². The highest BCUT2D eigenvalue weighted by Crippen LogP contribution is 2.55. The molecule has 3 aliphatic rings. The fraction of sp³-hybridized carbons (Fsp3) is 0.438. The van der Waals surface area contributed by atoms with E-state index in [-0.39, 0.29) is 16.4 Å². The molecule has 3 aliphatic carbocycles. The lowest BCUT2D eigenvalue weighted by atomic mass is 9.58. The van der Waals surface area contributed by atoms with Crippen LogP contribution in [0.3, 0.4) is 0 Å². The molecule has 1 fully saturated rings. The van der Waals surface area contributed by atoms with Crippen molar-refractivity contribution in [3.05, 3.63) is 93.9 Å². The van der Waals surface area contributed by atoms with Crippen molar-refractivity contribution in [3.8, 4) is 0 Å². The average molecular weight is 468 g/mol. The van der Waals surface area contributed by atoms with Gasteiger partial charge in [-0.2, -0.15) is 0 Å². The van der Waals surface area contributed by atoms with E-state index >= 15 is 0 Å². The molecule has 0 bridgehead atoms. The fourth-order valence-electron chi connectivity index (χ4n) is 6.84. The van der Waals surface area contributed by atoms with Gasteiger partial charge in [-0.1, -0.05) is 108 Å². The van der Waals surface area contributed by atoms with E-state index in [0.717, 1.165) is 0 Å². The minimum Gasteiger partial charge on any atom is -0.325 e. The first-order valence-corrected chi connectivity index (χ1v) is 16.0. The zero-order valence-corrected chi connectivity index (χ0v) is 23.3. The van der Waals surface area contributed by atoms with E-state index in [1.165, 1.54) is 34.4 Å². The van der Waals surface area contributed by atoms with Crippen molar-refractivity contribution in [1.29, 1.82) is 0 Å². The van der Waals surface area contributed by atoms with Gasteiger partial charge in [0.1, 0.15) is 8.24 Å². The van der Waals surface area contributed by atoms with Crippen LogP contribution < -0.4 is 15.4 Å². The minimum absolute atomic E-state index is 0.0867. The quantitative estimate of drug-likeness (QED) is 0.500. The lowest BCUT2D eigenvalue weighted by Gasteiger charge is -2.47. The van der Waals surface area contributed by atoms with Gasteiger partial charge in [-0.3, -0.25) is 0 Å². The number of benzene rings is 2. The van der Waals surface area contributed by atoms with Gasteiger partial charge in [0.25, 0.3) is 0 Å². The third-order valence-electron chi connectivity index (χ3n) is 8.72. The van der Waals surface area contributed by atoms with Gasteiger partial charge < -0.3 is 4.98 Å². The molecule has 2 heteroatoms. The number of hydrogen-bond acceptors (Lipinski definition) is 1. The number of rotatable bonds is 4. The van der Waals surface area contributed by atoms with Gasteiger partial charge in [-0.05, 0) is 75.4 Å². The first-order chi connectivity index (χ1) is 15.8. The van der Waals surface area contributed by atoms with Crippen molar-refractivity contribution in [1.82, 2.24) is 4.98 Å². The molecule has 5 rings (SSSR count). The molecule has 0 amide bonds. The Balaban J connectivity index is 1.68. The lowest BCUT2D eigenvalue weighted by Crippen LogP contribution is -2.57. The average Bonchev–Trinajstić information content (AvgIpc) is 3.11. The molecule has 34 heavy (non-hydrogen) atoms. The molecule has 0 aromatic heterocycles. The molecular formula is C32H41NSi. The minimum atomic E-state index is -2.01. The molecule has 2 aromatic rings. The first kappa shape index (κ1) is 23.6. The van der Waals surface area contributed by atoms with Gasteiger partial charge in [0, 0.05) is 11.5 Å². The maximum atomic E-state index is 4.21. The zero-order valence-electron chi connectivity index (χ0n) is 22.3. The van der Waals surface area contributed by atoms with Gasteiger partial charge in [0.15, 0.2) is 0 Å². The second-order valence-electron chi connectivity index (χ2n) is 13.0. The molecule has 178 valence electrons. The van der Waals surface area contributed by atoms with Crippen molar-refractivity contribution >= 4 is 19.0 Å². The maximum Gasteiger partial charge on any atom is 0.149 e. The molecule has 0 aliphatic heterocycles. The smallest absolute Gasteiger partial charge is 0.149 e. The Morgan fingerprint density at radius 2 is 1.35 bits per heavy atom. The van der Waals surface area contributed by atoms with E-state index in [1.54, 1.807) is 16.3 Å². The van der Waals surface area contributed by atoms with E-state index < -0.39 is 8.24 Å². The molecule has 0 spiro atoms. The third kappa shape index (κ3) is 3.70. The summed E-state index contributed by atoms with van der Waals surface area (Å²) in [6.45, 7) is 19.5. The monoisotopic (exact) mass is 467 g/mol. The van der Waals surface area contributed by atoms with Crippen molar-refractivity contribution in [2.45, 2.75) is 73.0 Å². The van der Waals surface area contributed by atoms with Crippen molar-refractivity contribution in [2.75, 3.05) is 0 Å². The Labute approximate surface area is 207 Å². The van der Waals surface area contributed by atoms with Crippen LogP contribution in [-0.2, 0) is 5.54 Å². The SMILES string of the molecule is CC1(C)CCC(C)(C)C2=CC3C(=c4ccccc4=C3[Si](C)(C)NC(C)(C)c3ccccc3)C=C21. The molecule has 0 heterocycles. The number of allylic oxidation sites excluding steroid dienone is 4. The van der Waals surface area contributed by atoms with Crippen LogP contribution in [0, 0.1) is 16.7 Å². The van der Waals surface area contributed by atoms with Gasteiger partial charge in [-0.25, -0.2) is 0 Å². The van der Waals surface area contributed by atoms with Gasteiger partial charge in [-0.15, -0.1) is 0 Å². The maximum absolute atomic E-state index is 4.21. The molecule has 1 N–H and O–H groups in total. The Morgan fingerprint density at radius 1 is 0.794 bits per heavy atom. The molecule has 0 saturated heterocycles. The number of hydrogen-bond donors (Lipinski definition) is 1. The van der Waals surface area contributed by atoms with Crippen LogP contribution in [-0.4, -0.2) is 8.24 Å². The van der Waals surface area contributed by atoms with E-state index in [9.17, 15) is 0 Å². The predicted octanol–water partition coefficient (Wildman–Crippen LogP) is 6.60.